The minimum atomic E-state index is 0.883. The second kappa shape index (κ2) is 3.81. The van der Waals surface area contributed by atoms with Gasteiger partial charge in [0.25, 0.3) is 0 Å². The topological polar surface area (TPSA) is 17.3 Å². The molecular weight excluding hydrogens is 196 g/mol. The van der Waals surface area contributed by atoms with Gasteiger partial charge in [0.05, 0.1) is 0 Å². The number of benzene rings is 1. The van der Waals surface area contributed by atoms with E-state index in [1.807, 2.05) is 22.9 Å². The van der Waals surface area contributed by atoms with Gasteiger partial charge in [0, 0.05) is 24.7 Å². The van der Waals surface area contributed by atoms with Crippen LogP contribution in [0.2, 0.25) is 0 Å². The van der Waals surface area contributed by atoms with Crippen LogP contribution >= 0.6 is 0 Å². The molecule has 0 aliphatic rings. The van der Waals surface area contributed by atoms with Crippen molar-refractivity contribution in [2.75, 3.05) is 0 Å². The fraction of sp³-hybridized carbons (Fsp3) is 0.0714. The molecule has 0 unspecified atom stereocenters. The first-order valence-corrected chi connectivity index (χ1v) is 5.29. The molecule has 2 heterocycles. The molecule has 0 saturated heterocycles. The van der Waals surface area contributed by atoms with Crippen molar-refractivity contribution in [1.29, 1.82) is 0 Å². The van der Waals surface area contributed by atoms with Crippen LogP contribution in [0.3, 0.4) is 0 Å². The van der Waals surface area contributed by atoms with Crippen LogP contribution in [0.15, 0.2) is 55.0 Å². The lowest BCUT2D eigenvalue weighted by atomic mass is 10.1. The van der Waals surface area contributed by atoms with E-state index in [4.69, 9.17) is 0 Å². The summed E-state index contributed by atoms with van der Waals surface area (Å²) in [6, 6.07) is 15.8. The predicted octanol–water partition coefficient (Wildman–Crippen LogP) is 2.73. The van der Waals surface area contributed by atoms with E-state index in [2.05, 4.69) is 41.4 Å². The van der Waals surface area contributed by atoms with Gasteiger partial charge in [-0.05, 0) is 23.6 Å². The molecule has 2 heteroatoms. The van der Waals surface area contributed by atoms with Gasteiger partial charge < -0.3 is 4.40 Å². The minimum absolute atomic E-state index is 0.883. The Morgan fingerprint density at radius 2 is 1.94 bits per heavy atom. The second-order valence-electron chi connectivity index (χ2n) is 3.79. The molecule has 0 fully saturated rings. The summed E-state index contributed by atoms with van der Waals surface area (Å²) in [6.45, 7) is 0. The number of aromatic nitrogens is 2. The summed E-state index contributed by atoms with van der Waals surface area (Å²) in [5.74, 6) is 0. The third-order valence-electron chi connectivity index (χ3n) is 2.61. The molecule has 0 aliphatic carbocycles. The predicted molar refractivity (Wildman–Crippen MR) is 63.3 cm³/mol. The number of imidazole rings is 1. The van der Waals surface area contributed by atoms with Gasteiger partial charge in [-0.3, -0.25) is 0 Å². The van der Waals surface area contributed by atoms with Crippen LogP contribution in [0.25, 0.3) is 5.65 Å². The Labute approximate surface area is 94.2 Å². The van der Waals surface area contributed by atoms with E-state index in [1.54, 1.807) is 6.20 Å². The Hall–Kier alpha value is -2.09. The van der Waals surface area contributed by atoms with Crippen molar-refractivity contribution in [1.82, 2.24) is 9.38 Å². The normalized spacial score (nSPS) is 10.8. The summed E-state index contributed by atoms with van der Waals surface area (Å²) < 4.78 is 1.97. The lowest BCUT2D eigenvalue weighted by molar-refractivity contribution is 1.12. The van der Waals surface area contributed by atoms with Crippen LogP contribution in [0.5, 0.6) is 0 Å². The van der Waals surface area contributed by atoms with E-state index in [-0.39, 0.29) is 0 Å². The Bertz CT molecular complexity index is 596. The van der Waals surface area contributed by atoms with Gasteiger partial charge in [0.1, 0.15) is 5.65 Å². The molecular formula is C14H11N2. The van der Waals surface area contributed by atoms with Crippen LogP contribution in [-0.2, 0) is 6.42 Å². The highest BCUT2D eigenvalue weighted by atomic mass is 15.0. The van der Waals surface area contributed by atoms with Crippen LogP contribution < -0.4 is 0 Å². The third kappa shape index (κ3) is 1.70. The molecule has 3 aromatic rings. The maximum Gasteiger partial charge on any atom is 0.145 e. The summed E-state index contributed by atoms with van der Waals surface area (Å²) >= 11 is 0. The maximum atomic E-state index is 4.23. The summed E-state index contributed by atoms with van der Waals surface area (Å²) in [5.41, 5.74) is 3.35. The van der Waals surface area contributed by atoms with Crippen LogP contribution in [0.1, 0.15) is 11.1 Å². The zero-order valence-corrected chi connectivity index (χ0v) is 8.80. The number of fused-ring (bicyclic) bond motifs is 1. The van der Waals surface area contributed by atoms with Gasteiger partial charge in [-0.2, -0.15) is 0 Å². The second-order valence-corrected chi connectivity index (χ2v) is 3.79. The van der Waals surface area contributed by atoms with Gasteiger partial charge in [-0.15, -0.1) is 0 Å². The average Bonchev–Trinajstić information content (AvgIpc) is 2.77. The molecule has 0 atom stereocenters. The minimum Gasteiger partial charge on any atom is -0.307 e. The first-order chi connectivity index (χ1) is 7.92. The quantitative estimate of drug-likeness (QED) is 0.631. The number of pyridine rings is 1. The van der Waals surface area contributed by atoms with Crippen LogP contribution in [0, 0.1) is 6.07 Å². The highest BCUT2D eigenvalue weighted by Crippen LogP contribution is 2.10. The SMILES string of the molecule is [c]1c(Cc2ccccc2)ccn2ccnc12. The van der Waals surface area contributed by atoms with E-state index in [9.17, 15) is 0 Å². The maximum absolute atomic E-state index is 4.23. The van der Waals surface area contributed by atoms with Crippen LogP contribution in [0.4, 0.5) is 0 Å². The van der Waals surface area contributed by atoms with E-state index < -0.39 is 0 Å². The van der Waals surface area contributed by atoms with E-state index >= 15 is 0 Å². The molecule has 1 radical (unpaired) electrons. The molecule has 0 saturated carbocycles. The smallest absolute Gasteiger partial charge is 0.145 e. The molecule has 3 rings (SSSR count). The summed E-state index contributed by atoms with van der Waals surface area (Å²) in [7, 11) is 0. The van der Waals surface area contributed by atoms with Crippen molar-refractivity contribution in [2.24, 2.45) is 0 Å². The van der Waals surface area contributed by atoms with Gasteiger partial charge in [-0.25, -0.2) is 4.98 Å². The lowest BCUT2D eigenvalue weighted by Gasteiger charge is -2.01. The molecule has 0 N–H and O–H groups in total. The van der Waals surface area contributed by atoms with Crippen molar-refractivity contribution in [3.8, 4) is 0 Å². The van der Waals surface area contributed by atoms with Gasteiger partial charge in [0.2, 0.25) is 0 Å². The lowest BCUT2D eigenvalue weighted by Crippen LogP contribution is -1.91. The molecule has 2 nitrogen and oxygen atoms in total. The number of nitrogens with zero attached hydrogens (tertiary/aromatic N) is 2. The van der Waals surface area contributed by atoms with Gasteiger partial charge in [0.15, 0.2) is 0 Å². The molecule has 0 bridgehead atoms. The zero-order chi connectivity index (χ0) is 10.8. The fourth-order valence-electron chi connectivity index (χ4n) is 1.80. The molecule has 77 valence electrons. The summed E-state index contributed by atoms with van der Waals surface area (Å²) in [4.78, 5) is 4.23. The first kappa shape index (κ1) is 9.16. The standard InChI is InChI=1S/C14H11N2/c1-2-4-12(5-3-1)10-13-6-8-16-9-7-15-14(16)11-13/h1-9H,10H2. The Morgan fingerprint density at radius 1 is 1.06 bits per heavy atom. The average molecular weight is 207 g/mol. The van der Waals surface area contributed by atoms with Crippen molar-refractivity contribution in [3.05, 3.63) is 72.2 Å². The van der Waals surface area contributed by atoms with E-state index in [0.717, 1.165) is 12.1 Å². The van der Waals surface area contributed by atoms with Crippen LogP contribution in [-0.4, -0.2) is 9.38 Å². The van der Waals surface area contributed by atoms with E-state index in [0.29, 0.717) is 0 Å². The molecule has 0 aliphatic heterocycles. The summed E-state index contributed by atoms with van der Waals surface area (Å²) in [6.07, 6.45) is 6.65. The summed E-state index contributed by atoms with van der Waals surface area (Å²) in [5, 5.41) is 0. The number of hydrogen-bond donors (Lipinski definition) is 0. The monoisotopic (exact) mass is 207 g/mol. The fourth-order valence-corrected chi connectivity index (χ4v) is 1.80. The number of rotatable bonds is 2. The highest BCUT2D eigenvalue weighted by molar-refractivity contribution is 5.41. The number of hydrogen-bond acceptors (Lipinski definition) is 1. The van der Waals surface area contributed by atoms with E-state index in [1.165, 1.54) is 11.1 Å². The Kier molecular flexibility index (Phi) is 2.18. The van der Waals surface area contributed by atoms with Crippen molar-refractivity contribution < 1.29 is 0 Å². The first-order valence-electron chi connectivity index (χ1n) is 5.29. The highest BCUT2D eigenvalue weighted by Gasteiger charge is 1.99. The Balaban J connectivity index is 1.94. The van der Waals surface area contributed by atoms with Crippen molar-refractivity contribution >= 4 is 5.65 Å². The molecule has 2 aromatic heterocycles. The molecule has 16 heavy (non-hydrogen) atoms. The van der Waals surface area contributed by atoms with Gasteiger partial charge in [-0.1, -0.05) is 30.3 Å². The molecule has 0 amide bonds. The van der Waals surface area contributed by atoms with Crippen molar-refractivity contribution in [3.63, 3.8) is 0 Å². The third-order valence-corrected chi connectivity index (χ3v) is 2.61. The zero-order valence-electron chi connectivity index (χ0n) is 8.80. The molecule has 1 aromatic carbocycles. The molecule has 0 spiro atoms. The van der Waals surface area contributed by atoms with Crippen molar-refractivity contribution in [2.45, 2.75) is 6.42 Å². The Morgan fingerprint density at radius 3 is 2.81 bits per heavy atom. The van der Waals surface area contributed by atoms with Gasteiger partial charge >= 0.3 is 0 Å². The largest absolute Gasteiger partial charge is 0.307 e.